The quantitative estimate of drug-likeness (QED) is 0.897. The molecule has 0 saturated heterocycles. The van der Waals surface area contributed by atoms with Crippen LogP contribution < -0.4 is 10.1 Å². The van der Waals surface area contributed by atoms with Gasteiger partial charge in [0.1, 0.15) is 5.75 Å². The fraction of sp³-hybridized carbons (Fsp3) is 0.200. The van der Waals surface area contributed by atoms with Gasteiger partial charge in [-0.2, -0.15) is 0 Å². The van der Waals surface area contributed by atoms with Crippen LogP contribution in [-0.2, 0) is 6.42 Å². The molecule has 0 aliphatic carbocycles. The molecule has 0 aliphatic rings. The van der Waals surface area contributed by atoms with Crippen LogP contribution in [0.25, 0.3) is 0 Å². The Morgan fingerprint density at radius 3 is 2.72 bits per heavy atom. The minimum atomic E-state index is 0.899. The first-order valence-corrected chi connectivity index (χ1v) is 6.70. The number of hydrogen-bond donors (Lipinski definition) is 1. The first-order chi connectivity index (χ1) is 8.79. The molecule has 0 fully saturated rings. The Kier molecular flexibility index (Phi) is 4.65. The predicted octanol–water partition coefficient (Wildman–Crippen LogP) is 4.11. The largest absolute Gasteiger partial charge is 0.497 e. The van der Waals surface area contributed by atoms with E-state index in [0.717, 1.165) is 28.9 Å². The summed E-state index contributed by atoms with van der Waals surface area (Å²) in [6.45, 7) is 0.899. The number of nitrogens with one attached hydrogen (secondary N) is 1. The fourth-order valence-corrected chi connectivity index (χ4v) is 2.20. The molecule has 0 spiro atoms. The number of para-hydroxylation sites is 1. The summed E-state index contributed by atoms with van der Waals surface area (Å²) in [5, 5.41) is 3.41. The molecule has 2 aromatic carbocycles. The van der Waals surface area contributed by atoms with Gasteiger partial charge in [-0.1, -0.05) is 24.3 Å². The number of rotatable bonds is 5. The molecule has 0 aromatic heterocycles. The second-order valence-corrected chi connectivity index (χ2v) is 4.86. The third kappa shape index (κ3) is 3.50. The van der Waals surface area contributed by atoms with Crippen molar-refractivity contribution in [3.63, 3.8) is 0 Å². The number of hydrogen-bond acceptors (Lipinski definition) is 2. The molecule has 94 valence electrons. The topological polar surface area (TPSA) is 21.3 Å². The van der Waals surface area contributed by atoms with Gasteiger partial charge in [0, 0.05) is 16.7 Å². The standard InChI is InChI=1S/C15H16BrNO/c1-18-13-6-4-5-12(11-13)9-10-17-15-8-3-2-7-14(15)16/h2-8,11,17H,9-10H2,1H3. The summed E-state index contributed by atoms with van der Waals surface area (Å²) < 4.78 is 6.30. The van der Waals surface area contributed by atoms with Gasteiger partial charge in [-0.15, -0.1) is 0 Å². The van der Waals surface area contributed by atoms with Crippen LogP contribution in [0.4, 0.5) is 5.69 Å². The molecule has 18 heavy (non-hydrogen) atoms. The lowest BCUT2D eigenvalue weighted by molar-refractivity contribution is 0.414. The number of anilines is 1. The molecule has 3 heteroatoms. The first-order valence-electron chi connectivity index (χ1n) is 5.91. The second-order valence-electron chi connectivity index (χ2n) is 4.01. The Labute approximate surface area is 116 Å². The summed E-state index contributed by atoms with van der Waals surface area (Å²) in [6.07, 6.45) is 0.971. The van der Waals surface area contributed by atoms with Gasteiger partial charge in [-0.25, -0.2) is 0 Å². The van der Waals surface area contributed by atoms with E-state index in [1.54, 1.807) is 7.11 Å². The van der Waals surface area contributed by atoms with Crippen molar-refractivity contribution in [1.29, 1.82) is 0 Å². The average molecular weight is 306 g/mol. The van der Waals surface area contributed by atoms with E-state index in [9.17, 15) is 0 Å². The molecule has 2 rings (SSSR count). The van der Waals surface area contributed by atoms with Crippen LogP contribution in [0.3, 0.4) is 0 Å². The van der Waals surface area contributed by atoms with Crippen molar-refractivity contribution >= 4 is 21.6 Å². The van der Waals surface area contributed by atoms with Gasteiger partial charge in [0.2, 0.25) is 0 Å². The highest BCUT2D eigenvalue weighted by molar-refractivity contribution is 9.10. The van der Waals surface area contributed by atoms with Crippen LogP contribution in [0.5, 0.6) is 5.75 Å². The first kappa shape index (κ1) is 13.0. The zero-order chi connectivity index (χ0) is 12.8. The van der Waals surface area contributed by atoms with Crippen molar-refractivity contribution < 1.29 is 4.74 Å². The smallest absolute Gasteiger partial charge is 0.119 e. The van der Waals surface area contributed by atoms with Gasteiger partial charge in [0.15, 0.2) is 0 Å². The Balaban J connectivity index is 1.90. The molecular formula is C15H16BrNO. The highest BCUT2D eigenvalue weighted by Gasteiger charge is 1.98. The molecule has 0 aliphatic heterocycles. The molecule has 0 amide bonds. The third-order valence-electron chi connectivity index (χ3n) is 2.74. The summed E-state index contributed by atoms with van der Waals surface area (Å²) in [6, 6.07) is 16.3. The van der Waals surface area contributed by atoms with Crippen molar-refractivity contribution in [2.24, 2.45) is 0 Å². The van der Waals surface area contributed by atoms with Crippen molar-refractivity contribution in [1.82, 2.24) is 0 Å². The summed E-state index contributed by atoms with van der Waals surface area (Å²) in [5.74, 6) is 0.911. The maximum absolute atomic E-state index is 5.21. The molecule has 2 aromatic rings. The van der Waals surface area contributed by atoms with Crippen molar-refractivity contribution in [3.05, 3.63) is 58.6 Å². The van der Waals surface area contributed by atoms with Crippen LogP contribution in [0.1, 0.15) is 5.56 Å². The van der Waals surface area contributed by atoms with Crippen LogP contribution >= 0.6 is 15.9 Å². The predicted molar refractivity (Wildman–Crippen MR) is 79.3 cm³/mol. The highest BCUT2D eigenvalue weighted by Crippen LogP contribution is 2.21. The zero-order valence-electron chi connectivity index (χ0n) is 10.3. The normalized spacial score (nSPS) is 10.1. The lowest BCUT2D eigenvalue weighted by atomic mass is 10.1. The third-order valence-corrected chi connectivity index (χ3v) is 3.43. The maximum Gasteiger partial charge on any atom is 0.119 e. The molecule has 0 atom stereocenters. The summed E-state index contributed by atoms with van der Waals surface area (Å²) in [7, 11) is 1.69. The minimum Gasteiger partial charge on any atom is -0.497 e. The van der Waals surface area contributed by atoms with Crippen molar-refractivity contribution in [3.8, 4) is 5.75 Å². The highest BCUT2D eigenvalue weighted by atomic mass is 79.9. The number of methoxy groups -OCH3 is 1. The van der Waals surface area contributed by atoms with E-state index < -0.39 is 0 Å². The molecule has 2 nitrogen and oxygen atoms in total. The Morgan fingerprint density at radius 1 is 1.11 bits per heavy atom. The summed E-state index contributed by atoms with van der Waals surface area (Å²) in [5.41, 5.74) is 2.40. The Hall–Kier alpha value is -1.48. The molecule has 0 heterocycles. The molecule has 1 N–H and O–H groups in total. The number of ether oxygens (including phenoxy) is 1. The lowest BCUT2D eigenvalue weighted by Gasteiger charge is -2.09. The fourth-order valence-electron chi connectivity index (χ4n) is 1.77. The van der Waals surface area contributed by atoms with Gasteiger partial charge in [0.25, 0.3) is 0 Å². The van der Waals surface area contributed by atoms with Gasteiger partial charge in [0.05, 0.1) is 7.11 Å². The van der Waals surface area contributed by atoms with Crippen LogP contribution in [-0.4, -0.2) is 13.7 Å². The Morgan fingerprint density at radius 2 is 1.94 bits per heavy atom. The van der Waals surface area contributed by atoms with E-state index in [4.69, 9.17) is 4.74 Å². The van der Waals surface area contributed by atoms with E-state index >= 15 is 0 Å². The Bertz CT molecular complexity index is 513. The minimum absolute atomic E-state index is 0.899. The molecule has 0 saturated carbocycles. The molecule has 0 unspecified atom stereocenters. The molecular weight excluding hydrogens is 290 g/mol. The van der Waals surface area contributed by atoms with Gasteiger partial charge in [-0.05, 0) is 52.2 Å². The monoisotopic (exact) mass is 305 g/mol. The van der Waals surface area contributed by atoms with Gasteiger partial charge >= 0.3 is 0 Å². The van der Waals surface area contributed by atoms with E-state index in [1.807, 2.05) is 30.3 Å². The summed E-state index contributed by atoms with van der Waals surface area (Å²) >= 11 is 3.52. The SMILES string of the molecule is COc1cccc(CCNc2ccccc2Br)c1. The second kappa shape index (κ2) is 6.45. The van der Waals surface area contributed by atoms with E-state index in [2.05, 4.69) is 39.4 Å². The van der Waals surface area contributed by atoms with Crippen LogP contribution in [0, 0.1) is 0 Å². The van der Waals surface area contributed by atoms with E-state index in [1.165, 1.54) is 5.56 Å². The van der Waals surface area contributed by atoms with Crippen molar-refractivity contribution in [2.75, 3.05) is 19.0 Å². The number of benzene rings is 2. The molecule has 0 bridgehead atoms. The van der Waals surface area contributed by atoms with Gasteiger partial charge in [-0.3, -0.25) is 0 Å². The number of halogens is 1. The lowest BCUT2D eigenvalue weighted by Crippen LogP contribution is -2.05. The van der Waals surface area contributed by atoms with Crippen LogP contribution in [0.15, 0.2) is 53.0 Å². The zero-order valence-corrected chi connectivity index (χ0v) is 11.9. The summed E-state index contributed by atoms with van der Waals surface area (Å²) in [4.78, 5) is 0. The van der Waals surface area contributed by atoms with Gasteiger partial charge < -0.3 is 10.1 Å². The maximum atomic E-state index is 5.21. The van der Waals surface area contributed by atoms with E-state index in [-0.39, 0.29) is 0 Å². The average Bonchev–Trinajstić information content (AvgIpc) is 2.41. The van der Waals surface area contributed by atoms with E-state index in [0.29, 0.717) is 0 Å². The van der Waals surface area contributed by atoms with Crippen LogP contribution in [0.2, 0.25) is 0 Å². The van der Waals surface area contributed by atoms with Crippen molar-refractivity contribution in [2.45, 2.75) is 6.42 Å². The molecule has 0 radical (unpaired) electrons.